The summed E-state index contributed by atoms with van der Waals surface area (Å²) >= 11 is 3.65. The van der Waals surface area contributed by atoms with Gasteiger partial charge in [-0.15, -0.1) is 0 Å². The second-order valence-corrected chi connectivity index (χ2v) is 5.60. The average Bonchev–Trinajstić information content (AvgIpc) is 2.31. The fourth-order valence-corrected chi connectivity index (χ4v) is 2.73. The summed E-state index contributed by atoms with van der Waals surface area (Å²) in [5, 5.41) is 0. The van der Waals surface area contributed by atoms with Crippen molar-refractivity contribution < 1.29 is 9.47 Å². The number of nitrogens with two attached hydrogens (primary N) is 1. The normalized spacial score (nSPS) is 15.0. The third kappa shape index (κ3) is 8.70. The van der Waals surface area contributed by atoms with Crippen molar-refractivity contribution in [3.05, 3.63) is 0 Å². The van der Waals surface area contributed by atoms with Crippen LogP contribution >= 0.6 is 23.5 Å². The quantitative estimate of drug-likeness (QED) is 0.579. The van der Waals surface area contributed by atoms with Gasteiger partial charge in [-0.05, 0) is 12.7 Å². The van der Waals surface area contributed by atoms with E-state index in [1.165, 1.54) is 0 Å². The largest absolute Gasteiger partial charge is 0.378 e. The van der Waals surface area contributed by atoms with Crippen LogP contribution in [0.15, 0.2) is 0 Å². The van der Waals surface area contributed by atoms with Crippen molar-refractivity contribution in [2.24, 2.45) is 5.73 Å². The maximum absolute atomic E-state index is 5.84. The Bertz CT molecular complexity index is 150. The van der Waals surface area contributed by atoms with E-state index in [1.54, 1.807) is 18.9 Å². The van der Waals surface area contributed by atoms with Crippen LogP contribution in [0.3, 0.4) is 0 Å². The third-order valence-electron chi connectivity index (χ3n) is 2.22. The van der Waals surface area contributed by atoms with E-state index in [9.17, 15) is 0 Å². The molecule has 0 fully saturated rings. The van der Waals surface area contributed by atoms with Gasteiger partial charge in [0, 0.05) is 30.9 Å². The van der Waals surface area contributed by atoms with E-state index in [4.69, 9.17) is 15.2 Å². The first-order chi connectivity index (χ1) is 7.78. The third-order valence-corrected chi connectivity index (χ3v) is 4.06. The second kappa shape index (κ2) is 12.0. The van der Waals surface area contributed by atoms with E-state index in [2.05, 4.69) is 13.2 Å². The number of thioether (sulfide) groups is 2. The minimum absolute atomic E-state index is 0.212. The highest BCUT2D eigenvalue weighted by molar-refractivity contribution is 7.99. The Morgan fingerprint density at radius 2 is 2.00 bits per heavy atom. The van der Waals surface area contributed by atoms with Crippen molar-refractivity contribution in [2.75, 3.05) is 43.8 Å². The fraction of sp³-hybridized carbons (Fsp3) is 1.00. The monoisotopic (exact) mass is 267 g/mol. The Kier molecular flexibility index (Phi) is 12.5. The molecule has 3 nitrogen and oxygen atoms in total. The lowest BCUT2D eigenvalue weighted by molar-refractivity contribution is -0.0105. The van der Waals surface area contributed by atoms with Gasteiger partial charge in [0.05, 0.1) is 18.8 Å². The standard InChI is InChI=1S/C11H25NO2S2/c1-4-10(9-16-6-5-12)14-7-11(13-2)8-15-3/h10-11H,4-9,12H2,1-3H3. The van der Waals surface area contributed by atoms with Gasteiger partial charge in [0.1, 0.15) is 0 Å². The molecule has 0 aliphatic carbocycles. The molecule has 0 amide bonds. The highest BCUT2D eigenvalue weighted by Crippen LogP contribution is 2.10. The topological polar surface area (TPSA) is 44.5 Å². The highest BCUT2D eigenvalue weighted by atomic mass is 32.2. The number of rotatable bonds is 11. The molecular formula is C11H25NO2S2. The highest BCUT2D eigenvalue weighted by Gasteiger charge is 2.11. The van der Waals surface area contributed by atoms with Crippen LogP contribution in [0, 0.1) is 0 Å². The van der Waals surface area contributed by atoms with Crippen molar-refractivity contribution in [1.82, 2.24) is 0 Å². The van der Waals surface area contributed by atoms with Gasteiger partial charge in [-0.1, -0.05) is 6.92 Å². The molecule has 2 atom stereocenters. The molecule has 0 spiro atoms. The predicted molar refractivity (Wildman–Crippen MR) is 75.6 cm³/mol. The lowest BCUT2D eigenvalue weighted by atomic mass is 10.3. The molecule has 2 unspecified atom stereocenters. The molecule has 0 saturated heterocycles. The van der Waals surface area contributed by atoms with Crippen LogP contribution in [0.2, 0.25) is 0 Å². The Balaban J connectivity index is 3.66. The summed E-state index contributed by atoms with van der Waals surface area (Å²) in [7, 11) is 1.74. The predicted octanol–water partition coefficient (Wildman–Crippen LogP) is 1.85. The minimum Gasteiger partial charge on any atom is -0.378 e. The van der Waals surface area contributed by atoms with Crippen LogP contribution in [-0.4, -0.2) is 56.0 Å². The Labute approximate surface area is 108 Å². The number of ether oxygens (including phenoxy) is 2. The summed E-state index contributed by atoms with van der Waals surface area (Å²) in [4.78, 5) is 0. The molecule has 0 aliphatic heterocycles. The van der Waals surface area contributed by atoms with Crippen LogP contribution in [0.4, 0.5) is 0 Å². The van der Waals surface area contributed by atoms with Crippen LogP contribution in [0.25, 0.3) is 0 Å². The van der Waals surface area contributed by atoms with Crippen molar-refractivity contribution in [3.8, 4) is 0 Å². The zero-order valence-electron chi connectivity index (χ0n) is 10.6. The molecular weight excluding hydrogens is 242 g/mol. The first kappa shape index (κ1) is 16.6. The van der Waals surface area contributed by atoms with Gasteiger partial charge in [0.2, 0.25) is 0 Å². The van der Waals surface area contributed by atoms with Gasteiger partial charge < -0.3 is 15.2 Å². The SMILES string of the molecule is CCC(CSCCN)OCC(CSC)OC. The van der Waals surface area contributed by atoms with E-state index in [1.807, 2.05) is 11.8 Å². The molecule has 0 aromatic carbocycles. The molecule has 0 bridgehead atoms. The average molecular weight is 267 g/mol. The van der Waals surface area contributed by atoms with Crippen LogP contribution in [0.1, 0.15) is 13.3 Å². The van der Waals surface area contributed by atoms with Gasteiger partial charge in [0.25, 0.3) is 0 Å². The molecule has 0 heterocycles. The van der Waals surface area contributed by atoms with Crippen molar-refractivity contribution in [3.63, 3.8) is 0 Å². The van der Waals surface area contributed by atoms with E-state index >= 15 is 0 Å². The van der Waals surface area contributed by atoms with E-state index < -0.39 is 0 Å². The van der Waals surface area contributed by atoms with E-state index in [0.717, 1.165) is 30.2 Å². The van der Waals surface area contributed by atoms with Gasteiger partial charge in [-0.3, -0.25) is 0 Å². The smallest absolute Gasteiger partial charge is 0.0894 e. The summed E-state index contributed by atoms with van der Waals surface area (Å²) in [5.41, 5.74) is 5.46. The molecule has 0 rings (SSSR count). The maximum atomic E-state index is 5.84. The van der Waals surface area contributed by atoms with Crippen LogP contribution < -0.4 is 5.73 Å². The van der Waals surface area contributed by atoms with Gasteiger partial charge in [0.15, 0.2) is 0 Å². The van der Waals surface area contributed by atoms with Crippen LogP contribution in [-0.2, 0) is 9.47 Å². The summed E-state index contributed by atoms with van der Waals surface area (Å²) in [6, 6.07) is 0. The Hall–Kier alpha value is 0.580. The van der Waals surface area contributed by atoms with Gasteiger partial charge >= 0.3 is 0 Å². The molecule has 16 heavy (non-hydrogen) atoms. The molecule has 5 heteroatoms. The van der Waals surface area contributed by atoms with Crippen molar-refractivity contribution >= 4 is 23.5 Å². The lowest BCUT2D eigenvalue weighted by Gasteiger charge is -2.20. The molecule has 0 aliphatic rings. The first-order valence-electron chi connectivity index (χ1n) is 5.69. The molecule has 0 aromatic rings. The fourth-order valence-electron chi connectivity index (χ4n) is 1.20. The summed E-state index contributed by atoms with van der Waals surface area (Å²) in [5.74, 6) is 3.03. The van der Waals surface area contributed by atoms with E-state index in [0.29, 0.717) is 12.7 Å². The summed E-state index contributed by atoms with van der Waals surface area (Å²) in [6.45, 7) is 3.59. The van der Waals surface area contributed by atoms with Crippen molar-refractivity contribution in [2.45, 2.75) is 25.6 Å². The number of methoxy groups -OCH3 is 1. The Morgan fingerprint density at radius 1 is 1.25 bits per heavy atom. The molecule has 2 N–H and O–H groups in total. The summed E-state index contributed by atoms with van der Waals surface area (Å²) in [6.07, 6.45) is 3.67. The van der Waals surface area contributed by atoms with Crippen LogP contribution in [0.5, 0.6) is 0 Å². The first-order valence-corrected chi connectivity index (χ1v) is 8.24. The Morgan fingerprint density at radius 3 is 2.50 bits per heavy atom. The lowest BCUT2D eigenvalue weighted by Crippen LogP contribution is -2.26. The zero-order chi connectivity index (χ0) is 12.2. The number of hydrogen-bond acceptors (Lipinski definition) is 5. The molecule has 98 valence electrons. The number of hydrogen-bond donors (Lipinski definition) is 1. The maximum Gasteiger partial charge on any atom is 0.0894 e. The van der Waals surface area contributed by atoms with Gasteiger partial charge in [-0.2, -0.15) is 23.5 Å². The van der Waals surface area contributed by atoms with Crippen molar-refractivity contribution in [1.29, 1.82) is 0 Å². The minimum atomic E-state index is 0.212. The second-order valence-electron chi connectivity index (χ2n) is 3.54. The van der Waals surface area contributed by atoms with Gasteiger partial charge in [-0.25, -0.2) is 0 Å². The molecule has 0 radical (unpaired) electrons. The molecule has 0 saturated carbocycles. The summed E-state index contributed by atoms with van der Waals surface area (Å²) < 4.78 is 11.2. The molecule has 0 aromatic heterocycles. The zero-order valence-corrected chi connectivity index (χ0v) is 12.2. The van der Waals surface area contributed by atoms with E-state index in [-0.39, 0.29) is 6.10 Å².